The molecule has 1 unspecified atom stereocenters. The van der Waals surface area contributed by atoms with Crippen molar-refractivity contribution in [2.75, 3.05) is 26.7 Å². The summed E-state index contributed by atoms with van der Waals surface area (Å²) in [6.07, 6.45) is 2.58. The van der Waals surface area contributed by atoms with Crippen LogP contribution in [0.3, 0.4) is 0 Å². The fraction of sp³-hybridized carbons (Fsp3) is 0.632. The molecule has 0 radical (unpaired) electrons. The molecule has 5 heteroatoms. The summed E-state index contributed by atoms with van der Waals surface area (Å²) in [5.41, 5.74) is 2.27. The summed E-state index contributed by atoms with van der Waals surface area (Å²) in [7, 11) is 1.99. The second kappa shape index (κ2) is 9.77. The monoisotopic (exact) mass is 333 g/mol. The number of rotatable bonds is 8. The van der Waals surface area contributed by atoms with Gasteiger partial charge in [-0.05, 0) is 51.4 Å². The molecule has 0 saturated carbocycles. The number of likely N-dealkylation sites (N-methyl/N-ethyl adjacent to an activating group) is 1. The van der Waals surface area contributed by atoms with Crippen LogP contribution >= 0.6 is 0 Å². The summed E-state index contributed by atoms with van der Waals surface area (Å²) in [6.45, 7) is 7.72. The minimum absolute atomic E-state index is 0.0963. The number of benzene rings is 1. The predicted octanol–water partition coefficient (Wildman–Crippen LogP) is 1.91. The van der Waals surface area contributed by atoms with E-state index in [2.05, 4.69) is 39.8 Å². The van der Waals surface area contributed by atoms with E-state index in [0.29, 0.717) is 25.7 Å². The van der Waals surface area contributed by atoms with E-state index >= 15 is 0 Å². The van der Waals surface area contributed by atoms with Gasteiger partial charge in [-0.15, -0.1) is 0 Å². The van der Waals surface area contributed by atoms with Crippen LogP contribution in [-0.4, -0.2) is 49.6 Å². The van der Waals surface area contributed by atoms with E-state index in [1.165, 1.54) is 6.42 Å². The molecule has 0 bridgehead atoms. The fourth-order valence-electron chi connectivity index (χ4n) is 2.91. The number of likely N-dealkylation sites (tertiary alicyclic amines) is 1. The molecule has 1 aromatic rings. The van der Waals surface area contributed by atoms with E-state index in [-0.39, 0.29) is 12.0 Å². The molecule has 0 aromatic heterocycles. The third kappa shape index (κ3) is 6.59. The normalized spacial score (nSPS) is 18.8. The summed E-state index contributed by atoms with van der Waals surface area (Å²) < 4.78 is 5.59. The zero-order valence-electron chi connectivity index (χ0n) is 15.2. The van der Waals surface area contributed by atoms with Crippen LogP contribution in [0.4, 0.5) is 0 Å². The standard InChI is InChI=1S/C19H31N3O2/c1-15(2)24-14-17-8-6-16(7-9-17)11-21-19(23)13-22-10-4-5-18(12-22)20-3/h6-9,15,18,20H,4-5,10-14H2,1-3H3,(H,21,23). The quantitative estimate of drug-likeness (QED) is 0.763. The lowest BCUT2D eigenvalue weighted by molar-refractivity contribution is -0.122. The molecule has 1 aromatic carbocycles. The van der Waals surface area contributed by atoms with Crippen LogP contribution in [0.1, 0.15) is 37.8 Å². The highest BCUT2D eigenvalue weighted by atomic mass is 16.5. The van der Waals surface area contributed by atoms with Gasteiger partial charge in [0, 0.05) is 19.1 Å². The van der Waals surface area contributed by atoms with Crippen molar-refractivity contribution >= 4 is 5.91 Å². The van der Waals surface area contributed by atoms with E-state index in [9.17, 15) is 4.79 Å². The molecule has 0 aliphatic carbocycles. The smallest absolute Gasteiger partial charge is 0.234 e. The number of carbonyl (C=O) groups is 1. The van der Waals surface area contributed by atoms with Gasteiger partial charge in [0.15, 0.2) is 0 Å². The van der Waals surface area contributed by atoms with Gasteiger partial charge in [0.1, 0.15) is 0 Å². The van der Waals surface area contributed by atoms with Gasteiger partial charge < -0.3 is 15.4 Å². The molecule has 1 saturated heterocycles. The number of hydrogen-bond acceptors (Lipinski definition) is 4. The van der Waals surface area contributed by atoms with Gasteiger partial charge in [-0.1, -0.05) is 24.3 Å². The highest BCUT2D eigenvalue weighted by molar-refractivity contribution is 5.78. The van der Waals surface area contributed by atoms with Crippen molar-refractivity contribution in [1.29, 1.82) is 0 Å². The van der Waals surface area contributed by atoms with Gasteiger partial charge in [0.05, 0.1) is 19.3 Å². The molecule has 1 aliphatic heterocycles. The third-order valence-corrected chi connectivity index (χ3v) is 4.38. The van der Waals surface area contributed by atoms with Crippen molar-refractivity contribution in [2.45, 2.75) is 52.0 Å². The molecule has 1 fully saturated rings. The molecule has 24 heavy (non-hydrogen) atoms. The first-order valence-corrected chi connectivity index (χ1v) is 8.92. The van der Waals surface area contributed by atoms with Crippen molar-refractivity contribution in [3.8, 4) is 0 Å². The molecule has 2 rings (SSSR count). The third-order valence-electron chi connectivity index (χ3n) is 4.38. The molecule has 5 nitrogen and oxygen atoms in total. The highest BCUT2D eigenvalue weighted by Gasteiger charge is 2.20. The number of hydrogen-bond donors (Lipinski definition) is 2. The fourth-order valence-corrected chi connectivity index (χ4v) is 2.91. The SMILES string of the molecule is CNC1CCCN(CC(=O)NCc2ccc(COC(C)C)cc2)C1. The van der Waals surface area contributed by atoms with Crippen molar-refractivity contribution in [2.24, 2.45) is 0 Å². The lowest BCUT2D eigenvalue weighted by atomic mass is 10.1. The molecule has 1 atom stereocenters. The lowest BCUT2D eigenvalue weighted by Crippen LogP contribution is -2.47. The van der Waals surface area contributed by atoms with Crippen molar-refractivity contribution in [3.63, 3.8) is 0 Å². The van der Waals surface area contributed by atoms with E-state index < -0.39 is 0 Å². The van der Waals surface area contributed by atoms with Crippen LogP contribution in [0, 0.1) is 0 Å². The summed E-state index contributed by atoms with van der Waals surface area (Å²) in [4.78, 5) is 14.4. The van der Waals surface area contributed by atoms with Crippen molar-refractivity contribution < 1.29 is 9.53 Å². The summed E-state index contributed by atoms with van der Waals surface area (Å²) in [5.74, 6) is 0.0963. The first-order valence-electron chi connectivity index (χ1n) is 8.92. The Morgan fingerprint density at radius 3 is 2.67 bits per heavy atom. The van der Waals surface area contributed by atoms with Gasteiger partial charge in [-0.3, -0.25) is 9.69 Å². The Balaban J connectivity index is 1.71. The first-order chi connectivity index (χ1) is 11.6. The molecule has 1 amide bonds. The minimum Gasteiger partial charge on any atom is -0.374 e. The van der Waals surface area contributed by atoms with E-state index in [0.717, 1.165) is 30.6 Å². The van der Waals surface area contributed by atoms with E-state index in [1.54, 1.807) is 0 Å². The summed E-state index contributed by atoms with van der Waals surface area (Å²) >= 11 is 0. The minimum atomic E-state index is 0.0963. The van der Waals surface area contributed by atoms with E-state index in [1.807, 2.05) is 20.9 Å². The maximum atomic E-state index is 12.1. The second-order valence-electron chi connectivity index (χ2n) is 6.82. The Morgan fingerprint density at radius 2 is 2.00 bits per heavy atom. The number of carbonyl (C=O) groups excluding carboxylic acids is 1. The zero-order valence-corrected chi connectivity index (χ0v) is 15.2. The van der Waals surface area contributed by atoms with Gasteiger partial charge in [0.25, 0.3) is 0 Å². The highest BCUT2D eigenvalue weighted by Crippen LogP contribution is 2.09. The Labute approximate surface area is 145 Å². The molecule has 134 valence electrons. The average Bonchev–Trinajstić information content (AvgIpc) is 2.59. The van der Waals surface area contributed by atoms with Crippen molar-refractivity contribution in [3.05, 3.63) is 35.4 Å². The summed E-state index contributed by atoms with van der Waals surface area (Å²) in [6, 6.07) is 8.74. The van der Waals surface area contributed by atoms with Crippen LogP contribution in [0.5, 0.6) is 0 Å². The van der Waals surface area contributed by atoms with Gasteiger partial charge >= 0.3 is 0 Å². The molecular formula is C19H31N3O2. The number of amides is 1. The molecule has 1 heterocycles. The van der Waals surface area contributed by atoms with Crippen LogP contribution in [-0.2, 0) is 22.7 Å². The van der Waals surface area contributed by atoms with Crippen LogP contribution in [0.25, 0.3) is 0 Å². The van der Waals surface area contributed by atoms with Crippen LogP contribution in [0.15, 0.2) is 24.3 Å². The van der Waals surface area contributed by atoms with E-state index in [4.69, 9.17) is 4.74 Å². The zero-order chi connectivity index (χ0) is 17.4. The molecule has 2 N–H and O–H groups in total. The average molecular weight is 333 g/mol. The van der Waals surface area contributed by atoms with Crippen LogP contribution < -0.4 is 10.6 Å². The predicted molar refractivity (Wildman–Crippen MR) is 96.7 cm³/mol. The number of piperidine rings is 1. The van der Waals surface area contributed by atoms with Gasteiger partial charge in [0.2, 0.25) is 5.91 Å². The molecule has 1 aliphatic rings. The van der Waals surface area contributed by atoms with Gasteiger partial charge in [-0.2, -0.15) is 0 Å². The molecular weight excluding hydrogens is 302 g/mol. The Bertz CT molecular complexity index is 502. The van der Waals surface area contributed by atoms with Gasteiger partial charge in [-0.25, -0.2) is 0 Å². The van der Waals surface area contributed by atoms with Crippen molar-refractivity contribution in [1.82, 2.24) is 15.5 Å². The Morgan fingerprint density at radius 1 is 1.29 bits per heavy atom. The number of nitrogens with one attached hydrogen (secondary N) is 2. The molecule has 0 spiro atoms. The number of ether oxygens (including phenoxy) is 1. The Kier molecular flexibility index (Phi) is 7.69. The van der Waals surface area contributed by atoms with Crippen LogP contribution in [0.2, 0.25) is 0 Å². The second-order valence-corrected chi connectivity index (χ2v) is 6.82. The largest absolute Gasteiger partial charge is 0.374 e. The maximum absolute atomic E-state index is 12.1. The number of nitrogens with zero attached hydrogens (tertiary/aromatic N) is 1. The maximum Gasteiger partial charge on any atom is 0.234 e. The Hall–Kier alpha value is -1.43. The lowest BCUT2D eigenvalue weighted by Gasteiger charge is -2.31. The summed E-state index contributed by atoms with van der Waals surface area (Å²) in [5, 5.41) is 6.32. The topological polar surface area (TPSA) is 53.6 Å². The first kappa shape index (κ1) is 18.9.